The minimum atomic E-state index is -7.13. The Morgan fingerprint density at radius 1 is 0.911 bits per heavy atom. The number of carbonyl (C=O) groups excluding carboxylic acids is 2. The lowest BCUT2D eigenvalue weighted by molar-refractivity contribution is -0.389. The van der Waals surface area contributed by atoms with E-state index in [4.69, 9.17) is 34.2 Å². The number of nitrogens with one attached hydrogen (secondary N) is 1. The van der Waals surface area contributed by atoms with Gasteiger partial charge in [0.05, 0.1) is 28.8 Å². The van der Waals surface area contributed by atoms with Crippen molar-refractivity contribution in [3.63, 3.8) is 0 Å². The Bertz CT molecular complexity index is 1720. The minimum absolute atomic E-state index is 0.0630. The van der Waals surface area contributed by atoms with E-state index in [0.29, 0.717) is 6.08 Å². The lowest BCUT2D eigenvalue weighted by Crippen LogP contribution is -2.60. The Labute approximate surface area is 256 Å². The van der Waals surface area contributed by atoms with Crippen LogP contribution in [0, 0.1) is 29.6 Å². The van der Waals surface area contributed by atoms with Crippen LogP contribution in [0.3, 0.4) is 0 Å². The van der Waals surface area contributed by atoms with Gasteiger partial charge in [0.25, 0.3) is 5.91 Å². The monoisotopic (exact) mass is 686 g/mol. The molecule has 1 aliphatic rings. The van der Waals surface area contributed by atoms with E-state index in [1.165, 1.54) is 19.1 Å². The quantitative estimate of drug-likeness (QED) is 0.320. The number of alkyl halides is 10. The number of carbonyl (C=O) groups is 2. The van der Waals surface area contributed by atoms with E-state index >= 15 is 8.78 Å². The highest BCUT2D eigenvalue weighted by Crippen LogP contribution is 2.59. The lowest BCUT2D eigenvalue weighted by Gasteiger charge is -2.41. The first-order chi connectivity index (χ1) is 20.5. The normalized spacial score (nSPS) is 20.2. The largest absolute Gasteiger partial charge is 0.457 e. The summed E-state index contributed by atoms with van der Waals surface area (Å²) in [6.45, 7) is 1.32. The third kappa shape index (κ3) is 5.46. The third-order valence-electron chi connectivity index (χ3n) is 6.84. The van der Waals surface area contributed by atoms with Crippen LogP contribution in [0.15, 0.2) is 53.6 Å². The molecular weight excluding hydrogens is 673 g/mol. The van der Waals surface area contributed by atoms with E-state index in [-0.39, 0.29) is 28.8 Å². The maximum Gasteiger partial charge on any atom is 0.457 e. The summed E-state index contributed by atoms with van der Waals surface area (Å²) in [5, 5.41) is 18.1. The minimum Gasteiger partial charge on any atom is -0.366 e. The number of rotatable bonds is 6. The Hall–Kier alpha value is -4.28. The third-order valence-corrected chi connectivity index (χ3v) is 7.43. The zero-order chi connectivity index (χ0) is 34.5. The second kappa shape index (κ2) is 11.6. The van der Waals surface area contributed by atoms with Gasteiger partial charge in [0.15, 0.2) is 6.17 Å². The Morgan fingerprint density at radius 3 is 1.89 bits per heavy atom. The van der Waals surface area contributed by atoms with Crippen LogP contribution in [-0.4, -0.2) is 36.3 Å². The van der Waals surface area contributed by atoms with Crippen molar-refractivity contribution in [2.45, 2.75) is 42.6 Å². The zero-order valence-electron chi connectivity index (χ0n) is 21.9. The summed E-state index contributed by atoms with van der Waals surface area (Å²) in [5.41, 5.74) is -10.1. The second-order valence-corrected chi connectivity index (χ2v) is 10.3. The molecule has 0 saturated carbocycles. The van der Waals surface area contributed by atoms with E-state index < -0.39 is 79.8 Å². The van der Waals surface area contributed by atoms with Gasteiger partial charge in [-0.05, 0) is 55.0 Å². The molecule has 3 atom stereocenters. The highest BCUT2D eigenvalue weighted by atomic mass is 35.5. The summed E-state index contributed by atoms with van der Waals surface area (Å²) < 4.78 is 140. The highest BCUT2D eigenvalue weighted by Gasteiger charge is 2.82. The van der Waals surface area contributed by atoms with Crippen molar-refractivity contribution in [2.75, 3.05) is 0 Å². The fourth-order valence-electron chi connectivity index (χ4n) is 4.65. The summed E-state index contributed by atoms with van der Waals surface area (Å²) in [6.07, 6.45) is -15.6. The molecule has 0 radical (unpaired) electrons. The molecule has 0 fully saturated rings. The van der Waals surface area contributed by atoms with Gasteiger partial charge in [0, 0.05) is 26.7 Å². The SMILES string of the molecule is Cc1cc(C#N)ccc1C(=O)NC1(c2c(Cl)cc(C(F)(C(F)(F)F)C(F)(F)C(F)(F)F)cc2Cl)C(C#N)=CC=C(C(N)=O)C1F. The predicted molar refractivity (Wildman–Crippen MR) is 137 cm³/mol. The van der Waals surface area contributed by atoms with Crippen molar-refractivity contribution in [3.8, 4) is 12.1 Å². The molecule has 6 nitrogen and oxygen atoms in total. The number of hydrogen-bond acceptors (Lipinski definition) is 4. The average Bonchev–Trinajstić information content (AvgIpc) is 2.91. The molecule has 3 N–H and O–H groups in total. The average molecular weight is 687 g/mol. The van der Waals surface area contributed by atoms with Gasteiger partial charge >= 0.3 is 23.9 Å². The molecule has 0 saturated heterocycles. The molecular formula is C27H14Cl2F10N4O2. The van der Waals surface area contributed by atoms with E-state index in [1.54, 1.807) is 6.07 Å². The Balaban J connectivity index is 2.43. The van der Waals surface area contributed by atoms with Crippen LogP contribution in [0.5, 0.6) is 0 Å². The van der Waals surface area contributed by atoms with Crippen LogP contribution in [0.25, 0.3) is 0 Å². The van der Waals surface area contributed by atoms with Crippen molar-refractivity contribution in [3.05, 3.63) is 91.5 Å². The second-order valence-electron chi connectivity index (χ2n) is 9.49. The molecule has 2 amide bonds. The summed E-state index contributed by atoms with van der Waals surface area (Å²) in [4.78, 5) is 25.5. The van der Waals surface area contributed by atoms with Gasteiger partial charge in [0.2, 0.25) is 5.91 Å². The molecule has 0 spiro atoms. The van der Waals surface area contributed by atoms with Crippen molar-refractivity contribution >= 4 is 35.0 Å². The summed E-state index contributed by atoms with van der Waals surface area (Å²) in [5.74, 6) is -9.92. The van der Waals surface area contributed by atoms with Gasteiger partial charge < -0.3 is 11.1 Å². The molecule has 45 heavy (non-hydrogen) atoms. The van der Waals surface area contributed by atoms with E-state index in [2.05, 4.69) is 5.32 Å². The summed E-state index contributed by atoms with van der Waals surface area (Å²) >= 11 is 12.0. The molecule has 2 aromatic rings. The molecule has 238 valence electrons. The fourth-order valence-corrected chi connectivity index (χ4v) is 5.43. The highest BCUT2D eigenvalue weighted by molar-refractivity contribution is 6.36. The number of allylic oxidation sites excluding steroid dienone is 2. The van der Waals surface area contributed by atoms with Crippen LogP contribution in [0.4, 0.5) is 43.9 Å². The first-order valence-corrected chi connectivity index (χ1v) is 12.6. The van der Waals surface area contributed by atoms with Crippen LogP contribution < -0.4 is 11.1 Å². The molecule has 0 bridgehead atoms. The van der Waals surface area contributed by atoms with Crippen molar-refractivity contribution in [1.82, 2.24) is 5.32 Å². The van der Waals surface area contributed by atoms with Gasteiger partial charge in [-0.3, -0.25) is 9.59 Å². The van der Waals surface area contributed by atoms with Gasteiger partial charge in [-0.25, -0.2) is 8.78 Å². The summed E-state index contributed by atoms with van der Waals surface area (Å²) in [6, 6.07) is 5.95. The number of nitrogens with zero attached hydrogens (tertiary/aromatic N) is 2. The fraction of sp³-hybridized carbons (Fsp3) is 0.259. The van der Waals surface area contributed by atoms with E-state index in [0.717, 1.165) is 18.2 Å². The molecule has 0 aliphatic heterocycles. The number of amides is 2. The number of nitriles is 2. The van der Waals surface area contributed by atoms with Gasteiger partial charge in [-0.15, -0.1) is 0 Å². The lowest BCUT2D eigenvalue weighted by atomic mass is 9.72. The number of aryl methyl sites for hydroxylation is 1. The smallest absolute Gasteiger partial charge is 0.366 e. The molecule has 3 rings (SSSR count). The maximum atomic E-state index is 16.4. The molecule has 0 aromatic heterocycles. The predicted octanol–water partition coefficient (Wildman–Crippen LogP) is 6.94. The zero-order valence-corrected chi connectivity index (χ0v) is 23.5. The van der Waals surface area contributed by atoms with Crippen LogP contribution in [-0.2, 0) is 16.0 Å². The van der Waals surface area contributed by atoms with Crippen LogP contribution >= 0.6 is 23.2 Å². The van der Waals surface area contributed by atoms with Gasteiger partial charge in [-0.1, -0.05) is 23.2 Å². The van der Waals surface area contributed by atoms with Crippen molar-refractivity contribution in [2.24, 2.45) is 5.73 Å². The van der Waals surface area contributed by atoms with Crippen molar-refractivity contribution < 1.29 is 53.5 Å². The standard InChI is InChI=1S/C27H14Cl2F10N4O2/c1-11-6-12(9-40)2-4-15(11)22(45)43-23(13(10-41)3-5-16(20(23)30)21(42)44)19-17(28)7-14(8-18(19)29)24(31,26(34,35)36)25(32,33)27(37,38)39/h2-8,20H,1H3,(H2,42,44)(H,43,45). The van der Waals surface area contributed by atoms with E-state index in [1.807, 2.05) is 0 Å². The van der Waals surface area contributed by atoms with E-state index in [9.17, 15) is 50.0 Å². The first-order valence-electron chi connectivity index (χ1n) is 11.8. The number of halogens is 12. The maximum absolute atomic E-state index is 16.4. The Morgan fingerprint density at radius 2 is 1.47 bits per heavy atom. The topological polar surface area (TPSA) is 120 Å². The Kier molecular flexibility index (Phi) is 9.06. The molecule has 2 aromatic carbocycles. The number of primary amides is 1. The van der Waals surface area contributed by atoms with Crippen LogP contribution in [0.1, 0.15) is 32.6 Å². The number of nitrogens with two attached hydrogens (primary N) is 1. The molecule has 0 heterocycles. The number of hydrogen-bond donors (Lipinski definition) is 2. The molecule has 1 aliphatic carbocycles. The first kappa shape index (κ1) is 35.2. The molecule has 18 heteroatoms. The van der Waals surface area contributed by atoms with Gasteiger partial charge in [0.1, 0.15) is 5.54 Å². The van der Waals surface area contributed by atoms with Gasteiger partial charge in [-0.2, -0.15) is 45.6 Å². The number of benzene rings is 2. The van der Waals surface area contributed by atoms with Crippen molar-refractivity contribution in [1.29, 1.82) is 10.5 Å². The van der Waals surface area contributed by atoms with Crippen LogP contribution in [0.2, 0.25) is 10.0 Å². The molecule has 3 unspecified atom stereocenters. The summed E-state index contributed by atoms with van der Waals surface area (Å²) in [7, 11) is 0.